The topological polar surface area (TPSA) is 26.3 Å². The molecule has 1 unspecified atom stereocenters. The van der Waals surface area contributed by atoms with Gasteiger partial charge >= 0.3 is 5.97 Å². The van der Waals surface area contributed by atoms with E-state index < -0.39 is 3.61 Å². The van der Waals surface area contributed by atoms with E-state index in [1.807, 2.05) is 61.5 Å². The fraction of sp³-hybridized carbons (Fsp3) is 0.296. The summed E-state index contributed by atoms with van der Waals surface area (Å²) in [5.41, 5.74) is 5.21. The molecule has 0 fully saturated rings. The third-order valence-corrected chi connectivity index (χ3v) is 7.00. The summed E-state index contributed by atoms with van der Waals surface area (Å²) in [6.07, 6.45) is 5.60. The smallest absolute Gasteiger partial charge is 0.339 e. The lowest BCUT2D eigenvalue weighted by molar-refractivity contribution is 0.0231. The number of unbranched alkanes of at least 4 members (excludes halogenated alkanes) is 2. The van der Waals surface area contributed by atoms with Crippen LogP contribution in [0.1, 0.15) is 61.0 Å². The summed E-state index contributed by atoms with van der Waals surface area (Å²) < 4.78 is 5.25. The molecule has 0 bridgehead atoms. The van der Waals surface area contributed by atoms with Crippen LogP contribution in [0, 0.1) is 0 Å². The molecule has 0 heterocycles. The Labute approximate surface area is 193 Å². The number of carbonyl (C=O) groups excluding carboxylic acids is 1. The molecular weight excluding hydrogens is 483 g/mol. The van der Waals surface area contributed by atoms with E-state index in [1.54, 1.807) is 0 Å². The first-order chi connectivity index (χ1) is 14.6. The van der Waals surface area contributed by atoms with Crippen LogP contribution in [0.25, 0.3) is 11.1 Å². The number of carbonyl (C=O) groups is 1. The summed E-state index contributed by atoms with van der Waals surface area (Å²) in [6.45, 7) is 4.26. The van der Waals surface area contributed by atoms with Gasteiger partial charge < -0.3 is 4.74 Å². The monoisotopic (exact) mass is 512 g/mol. The van der Waals surface area contributed by atoms with Crippen LogP contribution in [-0.2, 0) is 14.8 Å². The summed E-state index contributed by atoms with van der Waals surface area (Å²) in [6, 6.07) is 26.3. The lowest BCUT2D eigenvalue weighted by Crippen LogP contribution is -2.25. The molecule has 0 amide bonds. The molecule has 0 saturated heterocycles. The van der Waals surface area contributed by atoms with Crippen LogP contribution in [0.15, 0.2) is 78.9 Å². The fourth-order valence-electron chi connectivity index (χ4n) is 3.47. The normalized spacial score (nSPS) is 12.9. The molecule has 3 aromatic rings. The van der Waals surface area contributed by atoms with Crippen LogP contribution in [0.3, 0.4) is 0 Å². The number of benzene rings is 3. The average molecular weight is 512 g/mol. The summed E-state index contributed by atoms with van der Waals surface area (Å²) in [5.74, 6) is -0.298. The predicted octanol–water partition coefficient (Wildman–Crippen LogP) is 7.94. The van der Waals surface area contributed by atoms with Gasteiger partial charge in [-0.1, -0.05) is 93.4 Å². The van der Waals surface area contributed by atoms with Crippen molar-refractivity contribution in [2.75, 3.05) is 0 Å². The Morgan fingerprint density at radius 2 is 1.43 bits per heavy atom. The van der Waals surface area contributed by atoms with Crippen molar-refractivity contribution in [2.24, 2.45) is 0 Å². The number of rotatable bonds is 9. The van der Waals surface area contributed by atoms with Gasteiger partial charge in [-0.2, -0.15) is 0 Å². The van der Waals surface area contributed by atoms with Crippen LogP contribution in [0.4, 0.5) is 0 Å². The van der Waals surface area contributed by atoms with Crippen molar-refractivity contribution in [3.63, 3.8) is 0 Å². The van der Waals surface area contributed by atoms with E-state index in [0.717, 1.165) is 23.1 Å². The quantitative estimate of drug-likeness (QED) is 0.126. The first-order valence-electron chi connectivity index (χ1n) is 10.7. The molecule has 0 saturated carbocycles. The summed E-state index contributed by atoms with van der Waals surface area (Å²) in [7, 11) is 0. The Bertz CT molecular complexity index is 933. The molecule has 0 aliphatic heterocycles. The number of aryl methyl sites for hydroxylation is 1. The van der Waals surface area contributed by atoms with Gasteiger partial charge in [0.05, 0.1) is 5.56 Å². The molecule has 0 radical (unpaired) electrons. The van der Waals surface area contributed by atoms with Crippen LogP contribution < -0.4 is 0 Å². The van der Waals surface area contributed by atoms with Crippen molar-refractivity contribution in [1.29, 1.82) is 0 Å². The van der Waals surface area contributed by atoms with Gasteiger partial charge in [-0.3, -0.25) is 0 Å². The predicted molar refractivity (Wildman–Crippen MR) is 133 cm³/mol. The van der Waals surface area contributed by atoms with Crippen LogP contribution >= 0.6 is 22.6 Å². The molecule has 30 heavy (non-hydrogen) atoms. The van der Waals surface area contributed by atoms with Crippen LogP contribution in [-0.4, -0.2) is 5.97 Å². The second kappa shape index (κ2) is 10.8. The first kappa shape index (κ1) is 22.5. The van der Waals surface area contributed by atoms with E-state index in [-0.39, 0.29) is 5.97 Å². The van der Waals surface area contributed by atoms with Crippen molar-refractivity contribution in [3.8, 4) is 11.1 Å². The molecular formula is C27H29IO2. The van der Waals surface area contributed by atoms with E-state index in [0.29, 0.717) is 12.0 Å². The second-order valence-electron chi connectivity index (χ2n) is 7.57. The Balaban J connectivity index is 1.68. The van der Waals surface area contributed by atoms with E-state index in [1.165, 1.54) is 24.8 Å². The second-order valence-corrected chi connectivity index (χ2v) is 9.31. The van der Waals surface area contributed by atoms with E-state index in [4.69, 9.17) is 4.74 Å². The Morgan fingerprint density at radius 1 is 0.833 bits per heavy atom. The van der Waals surface area contributed by atoms with Gasteiger partial charge in [-0.15, -0.1) is 0 Å². The molecule has 0 N–H and O–H groups in total. The van der Waals surface area contributed by atoms with Crippen LogP contribution in [0.2, 0.25) is 0 Å². The first-order valence-corrected chi connectivity index (χ1v) is 11.8. The van der Waals surface area contributed by atoms with E-state index >= 15 is 0 Å². The summed E-state index contributed by atoms with van der Waals surface area (Å²) >= 11 is 2.23. The average Bonchev–Trinajstić information content (AvgIpc) is 2.80. The summed E-state index contributed by atoms with van der Waals surface area (Å²) in [5, 5.41) is 0. The molecule has 0 aromatic heterocycles. The number of esters is 1. The van der Waals surface area contributed by atoms with Crippen molar-refractivity contribution < 1.29 is 9.53 Å². The number of halogens is 1. The zero-order valence-corrected chi connectivity index (χ0v) is 19.9. The van der Waals surface area contributed by atoms with E-state index in [9.17, 15) is 4.79 Å². The Kier molecular flexibility index (Phi) is 8.08. The van der Waals surface area contributed by atoms with E-state index in [2.05, 4.69) is 53.8 Å². The number of hydrogen-bond donors (Lipinski definition) is 0. The number of ether oxygens (including phenoxy) is 1. The zero-order valence-electron chi connectivity index (χ0n) is 17.7. The number of alkyl halides is 1. The van der Waals surface area contributed by atoms with Gasteiger partial charge in [0.1, 0.15) is 0 Å². The van der Waals surface area contributed by atoms with Gasteiger partial charge in [0.25, 0.3) is 0 Å². The Morgan fingerprint density at radius 3 is 2.00 bits per heavy atom. The molecule has 3 aromatic carbocycles. The number of hydrogen-bond acceptors (Lipinski definition) is 2. The molecule has 0 aliphatic rings. The zero-order chi connectivity index (χ0) is 21.4. The summed E-state index contributed by atoms with van der Waals surface area (Å²) in [4.78, 5) is 12.8. The third kappa shape index (κ3) is 5.72. The molecule has 156 valence electrons. The van der Waals surface area contributed by atoms with Crippen molar-refractivity contribution in [2.45, 2.75) is 49.6 Å². The highest BCUT2D eigenvalue weighted by molar-refractivity contribution is 14.1. The highest BCUT2D eigenvalue weighted by Crippen LogP contribution is 2.37. The highest BCUT2D eigenvalue weighted by Gasteiger charge is 2.31. The minimum atomic E-state index is -0.664. The maximum atomic E-state index is 12.8. The van der Waals surface area contributed by atoms with Gasteiger partial charge in [0.15, 0.2) is 3.61 Å². The molecule has 0 aliphatic carbocycles. The molecule has 3 heteroatoms. The highest BCUT2D eigenvalue weighted by atomic mass is 127. The van der Waals surface area contributed by atoms with Gasteiger partial charge in [-0.05, 0) is 70.7 Å². The fourth-order valence-corrected chi connectivity index (χ4v) is 4.03. The van der Waals surface area contributed by atoms with Gasteiger partial charge in [-0.25, -0.2) is 4.79 Å². The molecule has 1 atom stereocenters. The largest absolute Gasteiger partial charge is 0.440 e. The lowest BCUT2D eigenvalue weighted by Gasteiger charge is -2.27. The maximum Gasteiger partial charge on any atom is 0.339 e. The van der Waals surface area contributed by atoms with Crippen molar-refractivity contribution >= 4 is 28.6 Å². The van der Waals surface area contributed by atoms with Crippen molar-refractivity contribution in [3.05, 3.63) is 95.6 Å². The molecule has 3 rings (SSSR count). The maximum absolute atomic E-state index is 12.8. The van der Waals surface area contributed by atoms with Gasteiger partial charge in [0.2, 0.25) is 0 Å². The standard InChI is InChI=1S/C27H29IO2/c1-3-5-7-10-21-13-15-22(16-14-21)23-17-19-24(20-18-23)26(29)30-27(28,4-2)25-11-8-6-9-12-25/h6,8-9,11-20H,3-5,7,10H2,1-2H3. The van der Waals surface area contributed by atoms with Gasteiger partial charge in [0, 0.05) is 5.56 Å². The van der Waals surface area contributed by atoms with Crippen molar-refractivity contribution in [1.82, 2.24) is 0 Å². The minimum absolute atomic E-state index is 0.298. The SMILES string of the molecule is CCCCCc1ccc(-c2ccc(C(=O)OC(I)(CC)c3ccccc3)cc2)cc1. The third-order valence-electron chi connectivity index (χ3n) is 5.39. The lowest BCUT2D eigenvalue weighted by atomic mass is 10.0. The molecule has 2 nitrogen and oxygen atoms in total. The van der Waals surface area contributed by atoms with Crippen LogP contribution in [0.5, 0.6) is 0 Å². The molecule has 0 spiro atoms. The minimum Gasteiger partial charge on any atom is -0.440 e. The Hall–Kier alpha value is -2.14.